The molecule has 0 radical (unpaired) electrons. The molecular formula is C25H33F2N9O4. The van der Waals surface area contributed by atoms with Crippen LogP contribution >= 0.6 is 0 Å². The summed E-state index contributed by atoms with van der Waals surface area (Å²) in [6.45, 7) is 4.75. The topological polar surface area (TPSA) is 138 Å². The Labute approximate surface area is 230 Å². The molecule has 0 aliphatic carbocycles. The number of hydrogen-bond donors (Lipinski definition) is 2. The Balaban J connectivity index is 1.22. The lowest BCUT2D eigenvalue weighted by atomic mass is 9.80. The van der Waals surface area contributed by atoms with Gasteiger partial charge in [-0.1, -0.05) is 0 Å². The van der Waals surface area contributed by atoms with Gasteiger partial charge in [-0.3, -0.25) is 5.32 Å². The van der Waals surface area contributed by atoms with Crippen molar-refractivity contribution in [2.75, 3.05) is 56.6 Å². The van der Waals surface area contributed by atoms with Crippen LogP contribution in [0.1, 0.15) is 32.6 Å². The van der Waals surface area contributed by atoms with E-state index in [0.717, 1.165) is 43.8 Å². The number of anilines is 2. The standard InChI is InChI=1S/C25H33F2N9O4/c1-3-39-20-15-29-18(14-30-20)31-22(37)34(2)17-16-36(13-8-25(17,26)27)21-28-9-4-19(32-21)40-23(38)33-24-5-10-35(11-6-24)12-7-24/h4,9,14-15,17H,3,5-8,10-13,16H2,1-2H3,(H,33,38)(H,29,31,37)/t17-/m0/s1. The molecule has 40 heavy (non-hydrogen) atoms. The number of nitrogens with zero attached hydrogens (tertiary/aromatic N) is 7. The van der Waals surface area contributed by atoms with Gasteiger partial charge < -0.3 is 29.5 Å². The third-order valence-corrected chi connectivity index (χ3v) is 7.72. The van der Waals surface area contributed by atoms with E-state index in [-0.39, 0.29) is 42.2 Å². The van der Waals surface area contributed by atoms with Gasteiger partial charge >= 0.3 is 12.1 Å². The molecule has 216 valence electrons. The van der Waals surface area contributed by atoms with E-state index in [9.17, 15) is 18.4 Å². The predicted molar refractivity (Wildman–Crippen MR) is 140 cm³/mol. The Morgan fingerprint density at radius 1 is 1.07 bits per heavy atom. The molecule has 3 amide bonds. The van der Waals surface area contributed by atoms with Gasteiger partial charge in [0.15, 0.2) is 5.82 Å². The maximum absolute atomic E-state index is 15.0. The third kappa shape index (κ3) is 6.13. The van der Waals surface area contributed by atoms with Crippen LogP contribution in [0.5, 0.6) is 11.8 Å². The second-order valence-electron chi connectivity index (χ2n) is 10.3. The molecule has 4 aliphatic rings. The predicted octanol–water partition coefficient (Wildman–Crippen LogP) is 2.37. The van der Waals surface area contributed by atoms with Gasteiger partial charge in [0.05, 0.1) is 19.0 Å². The van der Waals surface area contributed by atoms with E-state index >= 15 is 0 Å². The summed E-state index contributed by atoms with van der Waals surface area (Å²) in [6, 6.07) is -0.810. The molecule has 4 saturated heterocycles. The number of alkyl halides is 2. The lowest BCUT2D eigenvalue weighted by Crippen LogP contribution is -2.61. The molecule has 4 fully saturated rings. The number of nitrogens with one attached hydrogen (secondary N) is 2. The lowest BCUT2D eigenvalue weighted by Gasteiger charge is -2.48. The van der Waals surface area contributed by atoms with Crippen molar-refractivity contribution in [2.24, 2.45) is 0 Å². The molecule has 6 rings (SSSR count). The number of piperidine rings is 4. The number of aromatic nitrogens is 4. The molecule has 0 saturated carbocycles. The summed E-state index contributed by atoms with van der Waals surface area (Å²) in [7, 11) is 1.29. The first kappa shape index (κ1) is 27.7. The highest BCUT2D eigenvalue weighted by atomic mass is 19.3. The maximum atomic E-state index is 15.0. The number of fused-ring (bicyclic) bond motifs is 3. The minimum atomic E-state index is -3.16. The zero-order chi connectivity index (χ0) is 28.3. The number of rotatable bonds is 7. The lowest BCUT2D eigenvalue weighted by molar-refractivity contribution is -0.0760. The number of ether oxygens (including phenoxy) is 2. The summed E-state index contributed by atoms with van der Waals surface area (Å²) in [4.78, 5) is 46.9. The highest BCUT2D eigenvalue weighted by molar-refractivity contribution is 5.88. The smallest absolute Gasteiger partial charge is 0.414 e. The van der Waals surface area contributed by atoms with Crippen LogP contribution in [-0.2, 0) is 0 Å². The van der Waals surface area contributed by atoms with Crippen LogP contribution in [0.3, 0.4) is 0 Å². The molecule has 2 N–H and O–H groups in total. The quantitative estimate of drug-likeness (QED) is 0.518. The highest BCUT2D eigenvalue weighted by Crippen LogP contribution is 2.34. The van der Waals surface area contributed by atoms with E-state index in [1.54, 1.807) is 11.8 Å². The molecule has 6 heterocycles. The van der Waals surface area contributed by atoms with Crippen molar-refractivity contribution in [1.82, 2.24) is 35.1 Å². The summed E-state index contributed by atoms with van der Waals surface area (Å²) in [5.74, 6) is -2.63. The van der Waals surface area contributed by atoms with Crippen LogP contribution in [0, 0.1) is 0 Å². The molecule has 2 bridgehead atoms. The summed E-state index contributed by atoms with van der Waals surface area (Å²) >= 11 is 0. The van der Waals surface area contributed by atoms with Gasteiger partial charge in [0.1, 0.15) is 6.04 Å². The molecule has 1 atom stereocenters. The number of carbonyl (C=O) groups is 2. The van der Waals surface area contributed by atoms with Crippen molar-refractivity contribution in [2.45, 2.75) is 50.1 Å². The minimum Gasteiger partial charge on any atom is -0.477 e. The van der Waals surface area contributed by atoms with Gasteiger partial charge in [-0.05, 0) is 26.2 Å². The van der Waals surface area contributed by atoms with Crippen LogP contribution < -0.4 is 25.0 Å². The number of halogens is 2. The van der Waals surface area contributed by atoms with E-state index in [2.05, 4.69) is 35.5 Å². The number of likely N-dealkylation sites (N-methyl/N-ethyl adjacent to an activating group) is 1. The van der Waals surface area contributed by atoms with E-state index in [1.807, 2.05) is 0 Å². The number of urea groups is 1. The van der Waals surface area contributed by atoms with Gasteiger partial charge in [-0.2, -0.15) is 4.98 Å². The normalized spacial score (nSPS) is 25.1. The van der Waals surface area contributed by atoms with Gasteiger partial charge in [0.25, 0.3) is 5.92 Å². The Morgan fingerprint density at radius 3 is 2.50 bits per heavy atom. The molecule has 2 aromatic heterocycles. The van der Waals surface area contributed by atoms with E-state index in [0.29, 0.717) is 6.61 Å². The van der Waals surface area contributed by atoms with Gasteiger partial charge in [-0.25, -0.2) is 33.3 Å². The maximum Gasteiger partial charge on any atom is 0.414 e. The number of hydrogen-bond acceptors (Lipinski definition) is 10. The minimum absolute atomic E-state index is 0.0150. The number of carbonyl (C=O) groups excluding carboxylic acids is 2. The average Bonchev–Trinajstić information content (AvgIpc) is 2.94. The van der Waals surface area contributed by atoms with Gasteiger partial charge in [0, 0.05) is 64.0 Å². The first-order valence-corrected chi connectivity index (χ1v) is 13.3. The van der Waals surface area contributed by atoms with E-state index in [1.165, 1.54) is 31.7 Å². The summed E-state index contributed by atoms with van der Waals surface area (Å²) < 4.78 is 40.6. The van der Waals surface area contributed by atoms with Crippen molar-refractivity contribution < 1.29 is 27.8 Å². The van der Waals surface area contributed by atoms with Crippen molar-refractivity contribution in [3.63, 3.8) is 0 Å². The molecule has 0 aromatic carbocycles. The van der Waals surface area contributed by atoms with Crippen molar-refractivity contribution in [1.29, 1.82) is 0 Å². The first-order chi connectivity index (χ1) is 19.2. The molecule has 2 aromatic rings. The molecule has 13 nitrogen and oxygen atoms in total. The fourth-order valence-corrected chi connectivity index (χ4v) is 5.31. The largest absolute Gasteiger partial charge is 0.477 e. The second kappa shape index (κ2) is 11.3. The Bertz CT molecular complexity index is 1200. The molecule has 4 aliphatic heterocycles. The fraction of sp³-hybridized carbons (Fsp3) is 0.600. The Kier molecular flexibility index (Phi) is 7.83. The fourth-order valence-electron chi connectivity index (χ4n) is 5.31. The SMILES string of the molecule is CCOc1cnc(NC(=O)N(C)[C@H]2CN(c3nccc(OC(=O)NC45CCN(CC4)CC5)n3)CCC2(F)F)cn1. The van der Waals surface area contributed by atoms with Gasteiger partial charge in [-0.15, -0.1) is 0 Å². The second-order valence-corrected chi connectivity index (χ2v) is 10.3. The molecule has 0 spiro atoms. The van der Waals surface area contributed by atoms with Crippen LogP contribution in [0.4, 0.5) is 30.1 Å². The third-order valence-electron chi connectivity index (χ3n) is 7.72. The zero-order valence-electron chi connectivity index (χ0n) is 22.5. The van der Waals surface area contributed by atoms with Crippen LogP contribution in [0.2, 0.25) is 0 Å². The number of amides is 3. The van der Waals surface area contributed by atoms with Crippen molar-refractivity contribution >= 4 is 23.9 Å². The van der Waals surface area contributed by atoms with Crippen LogP contribution in [-0.4, -0.2) is 106 Å². The summed E-state index contributed by atoms with van der Waals surface area (Å²) in [5, 5.41) is 5.50. The zero-order valence-corrected chi connectivity index (χ0v) is 22.5. The van der Waals surface area contributed by atoms with Crippen LogP contribution in [0.15, 0.2) is 24.7 Å². The van der Waals surface area contributed by atoms with Crippen molar-refractivity contribution in [3.05, 3.63) is 24.7 Å². The average molecular weight is 562 g/mol. The van der Waals surface area contributed by atoms with Crippen molar-refractivity contribution in [3.8, 4) is 11.8 Å². The first-order valence-electron chi connectivity index (χ1n) is 13.3. The van der Waals surface area contributed by atoms with Crippen LogP contribution in [0.25, 0.3) is 0 Å². The van der Waals surface area contributed by atoms with Gasteiger partial charge in [0.2, 0.25) is 17.7 Å². The summed E-state index contributed by atoms with van der Waals surface area (Å²) in [5.41, 5.74) is -0.268. The van der Waals surface area contributed by atoms with E-state index in [4.69, 9.17) is 9.47 Å². The Hall–Kier alpha value is -3.88. The highest BCUT2D eigenvalue weighted by Gasteiger charge is 2.48. The van der Waals surface area contributed by atoms with E-state index < -0.39 is 30.5 Å². The summed E-state index contributed by atoms with van der Waals surface area (Å²) in [6.07, 6.45) is 5.51. The molecular weight excluding hydrogens is 528 g/mol. The molecule has 15 heteroatoms. The monoisotopic (exact) mass is 561 g/mol. The Morgan fingerprint density at radius 2 is 1.82 bits per heavy atom. The molecule has 0 unspecified atom stereocenters.